The molecule has 1 atom stereocenters. The molecule has 0 spiro atoms. The Kier molecular flexibility index (Phi) is 8.41. The first-order chi connectivity index (χ1) is 18.7. The minimum absolute atomic E-state index is 0.0982. The summed E-state index contributed by atoms with van der Waals surface area (Å²) >= 11 is 0. The smallest absolute Gasteiger partial charge is 0.295 e. The SMILES string of the molecule is Cc1ccccc1COc1ccc(C(O)=C2C(=O)C(=O)N(CCCN(C)C)C2c2cccc([N+](=O)[O-])c2)cc1. The Morgan fingerprint density at radius 1 is 1.05 bits per heavy atom. The molecule has 0 bridgehead atoms. The summed E-state index contributed by atoms with van der Waals surface area (Å²) in [6.07, 6.45) is 0.582. The lowest BCUT2D eigenvalue weighted by molar-refractivity contribution is -0.384. The van der Waals surface area contributed by atoms with Crippen molar-refractivity contribution in [2.24, 2.45) is 0 Å². The van der Waals surface area contributed by atoms with Gasteiger partial charge < -0.3 is 19.6 Å². The van der Waals surface area contributed by atoms with Crippen molar-refractivity contribution < 1.29 is 24.4 Å². The molecule has 9 heteroatoms. The number of ketones is 1. The quantitative estimate of drug-likeness (QED) is 0.131. The van der Waals surface area contributed by atoms with Crippen LogP contribution in [0.25, 0.3) is 5.76 Å². The van der Waals surface area contributed by atoms with Crippen molar-refractivity contribution in [2.45, 2.75) is 26.0 Å². The third kappa shape index (κ3) is 6.15. The van der Waals surface area contributed by atoms with E-state index in [1.807, 2.05) is 50.2 Å². The zero-order chi connectivity index (χ0) is 28.1. The fourth-order valence-electron chi connectivity index (χ4n) is 4.62. The maximum absolute atomic E-state index is 13.2. The summed E-state index contributed by atoms with van der Waals surface area (Å²) in [7, 11) is 3.81. The minimum atomic E-state index is -0.955. The second-order valence-electron chi connectivity index (χ2n) is 9.74. The van der Waals surface area contributed by atoms with Gasteiger partial charge in [-0.1, -0.05) is 36.4 Å². The number of aryl methyl sites for hydroxylation is 1. The second kappa shape index (κ2) is 11.9. The molecule has 9 nitrogen and oxygen atoms in total. The predicted molar refractivity (Wildman–Crippen MR) is 147 cm³/mol. The number of aliphatic hydroxyl groups excluding tert-OH is 1. The third-order valence-electron chi connectivity index (χ3n) is 6.72. The van der Waals surface area contributed by atoms with E-state index in [4.69, 9.17) is 4.74 Å². The van der Waals surface area contributed by atoms with E-state index in [9.17, 15) is 24.8 Å². The predicted octanol–water partition coefficient (Wildman–Crippen LogP) is 4.86. The summed E-state index contributed by atoms with van der Waals surface area (Å²) in [6.45, 7) is 3.31. The van der Waals surface area contributed by atoms with Gasteiger partial charge in [0.1, 0.15) is 18.1 Å². The molecule has 1 fully saturated rings. The van der Waals surface area contributed by atoms with Crippen LogP contribution >= 0.6 is 0 Å². The summed E-state index contributed by atoms with van der Waals surface area (Å²) in [6, 6.07) is 19.4. The number of amides is 1. The summed E-state index contributed by atoms with van der Waals surface area (Å²) in [5, 5.41) is 22.7. The molecular formula is C30H31N3O6. The number of carbonyl (C=O) groups excluding carboxylic acids is 2. The lowest BCUT2D eigenvalue weighted by atomic mass is 9.95. The fraction of sp³-hybridized carbons (Fsp3) is 0.267. The molecule has 1 amide bonds. The highest BCUT2D eigenvalue weighted by Crippen LogP contribution is 2.40. The Morgan fingerprint density at radius 3 is 2.44 bits per heavy atom. The molecule has 0 radical (unpaired) electrons. The van der Waals surface area contributed by atoms with Gasteiger partial charge in [-0.2, -0.15) is 0 Å². The highest BCUT2D eigenvalue weighted by Gasteiger charge is 2.46. The lowest BCUT2D eigenvalue weighted by Gasteiger charge is -2.25. The van der Waals surface area contributed by atoms with E-state index in [0.29, 0.717) is 36.4 Å². The minimum Gasteiger partial charge on any atom is -0.507 e. The van der Waals surface area contributed by atoms with Crippen LogP contribution in [0, 0.1) is 17.0 Å². The molecule has 1 heterocycles. The topological polar surface area (TPSA) is 113 Å². The number of Topliss-reactive ketones (excluding diaryl/α,β-unsaturated/α-hetero) is 1. The van der Waals surface area contributed by atoms with E-state index in [0.717, 1.165) is 11.1 Å². The van der Waals surface area contributed by atoms with Gasteiger partial charge in [-0.05, 0) is 74.9 Å². The molecule has 1 unspecified atom stereocenters. The average Bonchev–Trinajstić information content (AvgIpc) is 3.17. The Labute approximate surface area is 227 Å². The molecule has 3 aromatic rings. The highest BCUT2D eigenvalue weighted by molar-refractivity contribution is 6.46. The second-order valence-corrected chi connectivity index (χ2v) is 9.74. The zero-order valence-corrected chi connectivity index (χ0v) is 22.2. The number of carbonyl (C=O) groups is 2. The Morgan fingerprint density at radius 2 is 1.77 bits per heavy atom. The van der Waals surface area contributed by atoms with Crippen LogP contribution in [0.4, 0.5) is 5.69 Å². The normalized spacial score (nSPS) is 16.6. The monoisotopic (exact) mass is 529 g/mol. The van der Waals surface area contributed by atoms with Gasteiger partial charge in [-0.15, -0.1) is 0 Å². The van der Waals surface area contributed by atoms with Crippen LogP contribution < -0.4 is 4.74 Å². The van der Waals surface area contributed by atoms with E-state index in [2.05, 4.69) is 0 Å². The van der Waals surface area contributed by atoms with Crippen molar-refractivity contribution in [1.82, 2.24) is 9.80 Å². The van der Waals surface area contributed by atoms with E-state index in [1.54, 1.807) is 30.3 Å². The number of nitrogens with zero attached hydrogens (tertiary/aromatic N) is 3. The molecule has 1 aliphatic heterocycles. The van der Waals surface area contributed by atoms with Crippen LogP contribution in [0.2, 0.25) is 0 Å². The molecule has 0 aliphatic carbocycles. The van der Waals surface area contributed by atoms with Crippen LogP contribution in [0.15, 0.2) is 78.4 Å². The van der Waals surface area contributed by atoms with E-state index < -0.39 is 22.7 Å². The number of hydrogen-bond acceptors (Lipinski definition) is 7. The summed E-state index contributed by atoms with van der Waals surface area (Å²) in [5.74, 6) is -1.33. The first-order valence-corrected chi connectivity index (χ1v) is 12.6. The summed E-state index contributed by atoms with van der Waals surface area (Å²) < 4.78 is 5.88. The fourth-order valence-corrected chi connectivity index (χ4v) is 4.62. The number of non-ortho nitro benzene ring substituents is 1. The molecule has 1 N–H and O–H groups in total. The van der Waals surface area contributed by atoms with Crippen molar-refractivity contribution in [2.75, 3.05) is 27.2 Å². The molecule has 3 aromatic carbocycles. The van der Waals surface area contributed by atoms with Crippen LogP contribution in [-0.2, 0) is 16.2 Å². The Balaban J connectivity index is 1.67. The van der Waals surface area contributed by atoms with E-state index >= 15 is 0 Å². The largest absolute Gasteiger partial charge is 0.507 e. The molecule has 0 saturated carbocycles. The molecular weight excluding hydrogens is 498 g/mol. The van der Waals surface area contributed by atoms with E-state index in [1.165, 1.54) is 23.1 Å². The number of hydrogen-bond donors (Lipinski definition) is 1. The van der Waals surface area contributed by atoms with Crippen molar-refractivity contribution in [3.63, 3.8) is 0 Å². The van der Waals surface area contributed by atoms with Gasteiger partial charge in [0.15, 0.2) is 0 Å². The van der Waals surface area contributed by atoms with Crippen LogP contribution in [0.1, 0.15) is 34.7 Å². The number of nitro groups is 1. The van der Waals surface area contributed by atoms with Gasteiger partial charge in [0, 0.05) is 24.2 Å². The number of ether oxygens (including phenoxy) is 1. The number of aliphatic hydroxyl groups is 1. The Bertz CT molecular complexity index is 1410. The zero-order valence-electron chi connectivity index (χ0n) is 22.2. The maximum Gasteiger partial charge on any atom is 0.295 e. The molecule has 1 saturated heterocycles. The average molecular weight is 530 g/mol. The van der Waals surface area contributed by atoms with Gasteiger partial charge in [-0.25, -0.2) is 0 Å². The van der Waals surface area contributed by atoms with Gasteiger partial charge >= 0.3 is 0 Å². The van der Waals surface area contributed by atoms with E-state index in [-0.39, 0.29) is 23.6 Å². The van der Waals surface area contributed by atoms with Gasteiger partial charge in [0.05, 0.1) is 16.5 Å². The highest BCUT2D eigenvalue weighted by atomic mass is 16.6. The number of likely N-dealkylation sites (tertiary alicyclic amines) is 1. The molecule has 202 valence electrons. The maximum atomic E-state index is 13.2. The van der Waals surface area contributed by atoms with Gasteiger partial charge in [0.2, 0.25) is 0 Å². The van der Waals surface area contributed by atoms with Crippen LogP contribution in [0.5, 0.6) is 5.75 Å². The summed E-state index contributed by atoms with van der Waals surface area (Å²) in [5.41, 5.74) is 2.62. The van der Waals surface area contributed by atoms with Gasteiger partial charge in [-0.3, -0.25) is 19.7 Å². The first kappa shape index (κ1) is 27.5. The molecule has 39 heavy (non-hydrogen) atoms. The van der Waals surface area contributed by atoms with Crippen molar-refractivity contribution >= 4 is 23.1 Å². The van der Waals surface area contributed by atoms with Crippen molar-refractivity contribution in [1.29, 1.82) is 0 Å². The van der Waals surface area contributed by atoms with Gasteiger partial charge in [0.25, 0.3) is 17.4 Å². The van der Waals surface area contributed by atoms with Crippen LogP contribution in [-0.4, -0.2) is 58.7 Å². The molecule has 4 rings (SSSR count). The molecule has 1 aliphatic rings. The number of rotatable bonds is 10. The third-order valence-corrected chi connectivity index (χ3v) is 6.72. The number of nitro benzene ring substituents is 1. The van der Waals surface area contributed by atoms with Crippen molar-refractivity contribution in [3.05, 3.63) is 111 Å². The van der Waals surface area contributed by atoms with Crippen molar-refractivity contribution in [3.8, 4) is 5.75 Å². The standard InChI is InChI=1S/C30H31N3O6/c1-20-8-4-5-9-23(20)19-39-25-14-12-21(13-15-25)28(34)26-27(22-10-6-11-24(18-22)33(37)38)32(30(36)29(26)35)17-7-16-31(2)3/h4-6,8-15,18,27,34H,7,16-17,19H2,1-3H3. The first-order valence-electron chi connectivity index (χ1n) is 12.6. The summed E-state index contributed by atoms with van der Waals surface area (Å²) in [4.78, 5) is 40.6. The van der Waals surface area contributed by atoms with Crippen LogP contribution in [0.3, 0.4) is 0 Å². The lowest BCUT2D eigenvalue weighted by Crippen LogP contribution is -2.32. The Hall–Kier alpha value is -4.50. The molecule has 0 aromatic heterocycles. The number of benzene rings is 3.